The van der Waals surface area contributed by atoms with Gasteiger partial charge in [-0.2, -0.15) is 0 Å². The van der Waals surface area contributed by atoms with Crippen LogP contribution in [0.5, 0.6) is 0 Å². The normalized spacial score (nSPS) is 14.0. The summed E-state index contributed by atoms with van der Waals surface area (Å²) in [6, 6.07) is 10.5. The van der Waals surface area contributed by atoms with Crippen LogP contribution in [0, 0.1) is 5.92 Å². The molecule has 2 unspecified atom stereocenters. The van der Waals surface area contributed by atoms with E-state index in [-0.39, 0.29) is 0 Å². The Bertz CT molecular complexity index is 521. The Morgan fingerprint density at radius 2 is 1.90 bits per heavy atom. The molecule has 1 heterocycles. The molecule has 0 saturated heterocycles. The Morgan fingerprint density at radius 1 is 1.14 bits per heavy atom. The zero-order valence-electron chi connectivity index (χ0n) is 13.3. The second-order valence-corrected chi connectivity index (χ2v) is 5.60. The molecule has 0 amide bonds. The molecule has 114 valence electrons. The molecule has 0 spiro atoms. The van der Waals surface area contributed by atoms with Gasteiger partial charge in [-0.25, -0.2) is 4.68 Å². The Labute approximate surface area is 127 Å². The molecule has 21 heavy (non-hydrogen) atoms. The summed E-state index contributed by atoms with van der Waals surface area (Å²) in [5, 5.41) is 12.1. The van der Waals surface area contributed by atoms with Crippen LogP contribution < -0.4 is 5.32 Å². The van der Waals surface area contributed by atoms with Gasteiger partial charge >= 0.3 is 0 Å². The fourth-order valence-corrected chi connectivity index (χ4v) is 2.74. The Morgan fingerprint density at radius 3 is 2.57 bits per heavy atom. The summed E-state index contributed by atoms with van der Waals surface area (Å²) in [5.74, 6) is 0.558. The number of benzene rings is 1. The van der Waals surface area contributed by atoms with Crippen molar-refractivity contribution in [2.75, 3.05) is 6.54 Å². The van der Waals surface area contributed by atoms with Gasteiger partial charge in [-0.1, -0.05) is 50.6 Å². The van der Waals surface area contributed by atoms with Crippen molar-refractivity contribution in [2.24, 2.45) is 5.92 Å². The van der Waals surface area contributed by atoms with Crippen molar-refractivity contribution in [2.45, 2.75) is 46.1 Å². The van der Waals surface area contributed by atoms with Crippen molar-refractivity contribution in [3.63, 3.8) is 0 Å². The molecule has 0 saturated carbocycles. The van der Waals surface area contributed by atoms with E-state index in [1.807, 2.05) is 29.1 Å². The minimum Gasteiger partial charge on any atom is -0.308 e. The van der Waals surface area contributed by atoms with Crippen LogP contribution in [0.3, 0.4) is 0 Å². The first kappa shape index (κ1) is 15.7. The lowest BCUT2D eigenvalue weighted by molar-refractivity contribution is 0.351. The maximum Gasteiger partial charge on any atom is 0.0817 e. The van der Waals surface area contributed by atoms with Crippen LogP contribution in [0.4, 0.5) is 0 Å². The fraction of sp³-hybridized carbons (Fsp3) is 0.529. The molecule has 1 aromatic heterocycles. The molecular formula is C17H26N4. The summed E-state index contributed by atoms with van der Waals surface area (Å²) in [6.45, 7) is 7.75. The summed E-state index contributed by atoms with van der Waals surface area (Å²) in [4.78, 5) is 0. The molecule has 1 N–H and O–H groups in total. The first-order valence-electron chi connectivity index (χ1n) is 7.97. The molecule has 0 aliphatic carbocycles. The summed E-state index contributed by atoms with van der Waals surface area (Å²) < 4.78 is 1.96. The highest BCUT2D eigenvalue weighted by Gasteiger charge is 2.22. The third-order valence-electron chi connectivity index (χ3n) is 3.82. The molecule has 0 bridgehead atoms. The molecule has 0 aliphatic rings. The summed E-state index contributed by atoms with van der Waals surface area (Å²) in [7, 11) is 0. The lowest BCUT2D eigenvalue weighted by atomic mass is 9.94. The molecule has 0 radical (unpaired) electrons. The average molecular weight is 286 g/mol. The second-order valence-electron chi connectivity index (χ2n) is 5.60. The first-order chi connectivity index (χ1) is 10.3. The summed E-state index contributed by atoms with van der Waals surface area (Å²) in [6.07, 6.45) is 5.41. The predicted octanol–water partition coefficient (Wildman–Crippen LogP) is 3.74. The second kappa shape index (κ2) is 7.93. The van der Waals surface area contributed by atoms with Crippen molar-refractivity contribution in [3.8, 4) is 5.69 Å². The number of aromatic nitrogens is 3. The lowest BCUT2D eigenvalue weighted by Gasteiger charge is -2.25. The van der Waals surface area contributed by atoms with Gasteiger partial charge < -0.3 is 5.32 Å². The van der Waals surface area contributed by atoms with E-state index in [1.165, 1.54) is 12.8 Å². The Kier molecular flexibility index (Phi) is 5.93. The van der Waals surface area contributed by atoms with Crippen LogP contribution >= 0.6 is 0 Å². The summed E-state index contributed by atoms with van der Waals surface area (Å²) >= 11 is 0. The van der Waals surface area contributed by atoms with Crippen LogP contribution in [0.1, 0.15) is 51.8 Å². The van der Waals surface area contributed by atoms with Crippen LogP contribution in [-0.4, -0.2) is 21.5 Å². The smallest absolute Gasteiger partial charge is 0.0817 e. The van der Waals surface area contributed by atoms with Crippen molar-refractivity contribution in [3.05, 3.63) is 42.2 Å². The predicted molar refractivity (Wildman–Crippen MR) is 86.5 cm³/mol. The van der Waals surface area contributed by atoms with Gasteiger partial charge in [0.25, 0.3) is 0 Å². The highest BCUT2D eigenvalue weighted by atomic mass is 15.4. The van der Waals surface area contributed by atoms with Gasteiger partial charge in [0.05, 0.1) is 23.6 Å². The zero-order valence-corrected chi connectivity index (χ0v) is 13.3. The van der Waals surface area contributed by atoms with Crippen molar-refractivity contribution in [1.82, 2.24) is 20.3 Å². The van der Waals surface area contributed by atoms with Gasteiger partial charge in [0, 0.05) is 0 Å². The van der Waals surface area contributed by atoms with Crippen molar-refractivity contribution < 1.29 is 0 Å². The number of hydrogen-bond acceptors (Lipinski definition) is 3. The highest BCUT2D eigenvalue weighted by molar-refractivity contribution is 5.32. The maximum absolute atomic E-state index is 4.28. The molecule has 0 aliphatic heterocycles. The number of rotatable bonds is 8. The van der Waals surface area contributed by atoms with Gasteiger partial charge in [0.15, 0.2) is 0 Å². The molecule has 4 nitrogen and oxygen atoms in total. The maximum atomic E-state index is 4.28. The molecule has 4 heteroatoms. The average Bonchev–Trinajstić information content (AvgIpc) is 2.98. The van der Waals surface area contributed by atoms with E-state index in [9.17, 15) is 0 Å². The van der Waals surface area contributed by atoms with E-state index in [1.54, 1.807) is 0 Å². The molecule has 2 aromatic rings. The largest absolute Gasteiger partial charge is 0.308 e. The number of nitrogens with one attached hydrogen (secondary N) is 1. The Balaban J connectivity index is 2.30. The molecule has 0 fully saturated rings. The van der Waals surface area contributed by atoms with Gasteiger partial charge in [-0.3, -0.25) is 0 Å². The number of hydrogen-bond donors (Lipinski definition) is 1. The quantitative estimate of drug-likeness (QED) is 0.803. The van der Waals surface area contributed by atoms with E-state index in [0.717, 1.165) is 24.3 Å². The summed E-state index contributed by atoms with van der Waals surface area (Å²) in [5.41, 5.74) is 2.22. The van der Waals surface area contributed by atoms with Gasteiger partial charge in [0.2, 0.25) is 0 Å². The monoisotopic (exact) mass is 286 g/mol. The molecule has 1 aromatic carbocycles. The zero-order chi connectivity index (χ0) is 15.1. The van der Waals surface area contributed by atoms with Gasteiger partial charge in [-0.05, 0) is 37.4 Å². The van der Waals surface area contributed by atoms with Crippen LogP contribution in [-0.2, 0) is 0 Å². The third kappa shape index (κ3) is 3.91. The molecule has 2 atom stereocenters. The standard InChI is InChI=1S/C17H26N4/c1-4-9-14(3)17(18-12-5-2)16-13-19-20-21(16)15-10-7-6-8-11-15/h6-8,10-11,13-14,17-18H,4-5,9,12H2,1-3H3. The number of para-hydroxylation sites is 1. The van der Waals surface area contributed by atoms with Gasteiger partial charge in [0.1, 0.15) is 0 Å². The minimum atomic E-state index is 0.292. The number of nitrogens with zero attached hydrogens (tertiary/aromatic N) is 3. The SMILES string of the molecule is CCCNC(c1cnnn1-c1ccccc1)C(C)CCC. The fourth-order valence-electron chi connectivity index (χ4n) is 2.74. The van der Waals surface area contributed by atoms with Crippen LogP contribution in [0.25, 0.3) is 5.69 Å². The van der Waals surface area contributed by atoms with E-state index >= 15 is 0 Å². The minimum absolute atomic E-state index is 0.292. The van der Waals surface area contributed by atoms with Crippen LogP contribution in [0.15, 0.2) is 36.5 Å². The van der Waals surface area contributed by atoms with E-state index in [4.69, 9.17) is 0 Å². The van der Waals surface area contributed by atoms with Crippen LogP contribution in [0.2, 0.25) is 0 Å². The first-order valence-corrected chi connectivity index (χ1v) is 7.97. The third-order valence-corrected chi connectivity index (χ3v) is 3.82. The van der Waals surface area contributed by atoms with Crippen molar-refractivity contribution in [1.29, 1.82) is 0 Å². The van der Waals surface area contributed by atoms with E-state index in [2.05, 4.69) is 48.5 Å². The van der Waals surface area contributed by atoms with E-state index < -0.39 is 0 Å². The highest BCUT2D eigenvalue weighted by Crippen LogP contribution is 2.26. The Hall–Kier alpha value is -1.68. The molecular weight excluding hydrogens is 260 g/mol. The van der Waals surface area contributed by atoms with Gasteiger partial charge in [-0.15, -0.1) is 5.10 Å². The topological polar surface area (TPSA) is 42.7 Å². The lowest BCUT2D eigenvalue weighted by Crippen LogP contribution is -2.29. The molecule has 2 rings (SSSR count). The van der Waals surface area contributed by atoms with Crippen molar-refractivity contribution >= 4 is 0 Å². The van der Waals surface area contributed by atoms with E-state index in [0.29, 0.717) is 12.0 Å².